The van der Waals surface area contributed by atoms with Crippen molar-refractivity contribution in [2.24, 2.45) is 5.92 Å². The third kappa shape index (κ3) is 5.65. The van der Waals surface area contributed by atoms with Crippen molar-refractivity contribution in [2.45, 2.75) is 39.7 Å². The Morgan fingerprint density at radius 3 is 1.78 bits per heavy atom. The maximum Gasteiger partial charge on any atom is 0.247 e. The van der Waals surface area contributed by atoms with Gasteiger partial charge in [0.05, 0.1) is 11.6 Å². The number of anilines is 1. The van der Waals surface area contributed by atoms with Crippen LogP contribution in [0.2, 0.25) is 0 Å². The molecule has 3 rings (SSSR count). The van der Waals surface area contributed by atoms with Crippen LogP contribution < -0.4 is 10.6 Å². The Morgan fingerprint density at radius 2 is 1.28 bits per heavy atom. The van der Waals surface area contributed by atoms with Gasteiger partial charge in [-0.25, -0.2) is 0 Å². The summed E-state index contributed by atoms with van der Waals surface area (Å²) >= 11 is 3.53. The monoisotopic (exact) mass is 492 g/mol. The zero-order valence-electron chi connectivity index (χ0n) is 18.9. The van der Waals surface area contributed by atoms with Gasteiger partial charge in [0.1, 0.15) is 6.04 Å². The van der Waals surface area contributed by atoms with Crippen LogP contribution in [0.5, 0.6) is 0 Å². The minimum Gasteiger partial charge on any atom is -0.343 e. The number of hydrogen-bond acceptors (Lipinski definition) is 2. The predicted octanol–water partition coefficient (Wildman–Crippen LogP) is 5.98. The van der Waals surface area contributed by atoms with Crippen LogP contribution in [0, 0.1) is 19.8 Å². The largest absolute Gasteiger partial charge is 0.343 e. The predicted molar refractivity (Wildman–Crippen MR) is 134 cm³/mol. The maximum absolute atomic E-state index is 13.5. The second-order valence-corrected chi connectivity index (χ2v) is 9.24. The summed E-state index contributed by atoms with van der Waals surface area (Å²) in [4.78, 5) is 26.7. The molecule has 2 amide bonds. The maximum atomic E-state index is 13.5. The Morgan fingerprint density at radius 1 is 0.781 bits per heavy atom. The number of hydrogen-bond donors (Lipinski definition) is 2. The molecule has 1 atom stereocenters. The zero-order valence-corrected chi connectivity index (χ0v) is 20.4. The lowest BCUT2D eigenvalue weighted by atomic mass is 9.89. The van der Waals surface area contributed by atoms with E-state index in [0.29, 0.717) is 5.69 Å². The lowest BCUT2D eigenvalue weighted by Crippen LogP contribution is -2.48. The molecular weight excluding hydrogens is 464 g/mol. The Hall–Kier alpha value is -2.92. The smallest absolute Gasteiger partial charge is 0.247 e. The van der Waals surface area contributed by atoms with Gasteiger partial charge < -0.3 is 10.6 Å². The minimum absolute atomic E-state index is 0.0866. The molecule has 3 aromatic carbocycles. The molecule has 0 saturated carbocycles. The fourth-order valence-corrected chi connectivity index (χ4v) is 4.20. The quantitative estimate of drug-likeness (QED) is 0.426. The first-order valence-electron chi connectivity index (χ1n) is 10.8. The van der Waals surface area contributed by atoms with Gasteiger partial charge in [-0.15, -0.1) is 0 Å². The highest BCUT2D eigenvalue weighted by Gasteiger charge is 2.30. The summed E-state index contributed by atoms with van der Waals surface area (Å²) in [7, 11) is 0. The molecule has 0 aliphatic rings. The van der Waals surface area contributed by atoms with E-state index >= 15 is 0 Å². The lowest BCUT2D eigenvalue weighted by Gasteiger charge is -2.25. The molecule has 0 aliphatic heterocycles. The molecular formula is C27H29BrN2O2. The molecule has 0 spiro atoms. The summed E-state index contributed by atoms with van der Waals surface area (Å²) in [6.07, 6.45) is 0. The molecule has 2 N–H and O–H groups in total. The number of carbonyl (C=O) groups is 2. The first-order chi connectivity index (χ1) is 15.3. The number of aryl methyl sites for hydroxylation is 2. The second kappa shape index (κ2) is 10.6. The third-order valence-corrected chi connectivity index (χ3v) is 6.27. The minimum atomic E-state index is -0.675. The molecule has 32 heavy (non-hydrogen) atoms. The number of benzene rings is 3. The van der Waals surface area contributed by atoms with E-state index in [1.54, 1.807) is 0 Å². The van der Waals surface area contributed by atoms with E-state index in [0.717, 1.165) is 26.7 Å². The van der Waals surface area contributed by atoms with Gasteiger partial charge in [-0.2, -0.15) is 0 Å². The molecule has 0 bridgehead atoms. The fourth-order valence-electron chi connectivity index (χ4n) is 3.64. The summed E-state index contributed by atoms with van der Waals surface area (Å²) in [6, 6.07) is 22.5. The summed E-state index contributed by atoms with van der Waals surface area (Å²) < 4.78 is 0.814. The van der Waals surface area contributed by atoms with E-state index in [-0.39, 0.29) is 17.7 Å². The van der Waals surface area contributed by atoms with Gasteiger partial charge >= 0.3 is 0 Å². The first kappa shape index (κ1) is 23.7. The van der Waals surface area contributed by atoms with E-state index in [1.165, 1.54) is 0 Å². The summed E-state index contributed by atoms with van der Waals surface area (Å²) in [5.41, 5.74) is 4.69. The average molecular weight is 493 g/mol. The number of carbonyl (C=O) groups excluding carboxylic acids is 2. The van der Waals surface area contributed by atoms with Crippen molar-refractivity contribution < 1.29 is 9.59 Å². The SMILES string of the molecule is Cc1cc(Br)c(NC(=O)[C@@H](NC(=O)C(c2ccccc2)c2ccccc2)C(C)C)cc1C. The van der Waals surface area contributed by atoms with Crippen LogP contribution in [-0.2, 0) is 9.59 Å². The van der Waals surface area contributed by atoms with E-state index in [4.69, 9.17) is 0 Å². The number of halogens is 1. The van der Waals surface area contributed by atoms with Crippen molar-refractivity contribution in [1.82, 2.24) is 5.32 Å². The Kier molecular flexibility index (Phi) is 7.86. The Labute approximate surface area is 198 Å². The third-order valence-electron chi connectivity index (χ3n) is 5.62. The fraction of sp³-hybridized carbons (Fsp3) is 0.259. The van der Waals surface area contributed by atoms with Gasteiger partial charge in [0, 0.05) is 4.47 Å². The van der Waals surface area contributed by atoms with Crippen molar-refractivity contribution in [1.29, 1.82) is 0 Å². The van der Waals surface area contributed by atoms with Crippen molar-refractivity contribution >= 4 is 33.4 Å². The highest BCUT2D eigenvalue weighted by molar-refractivity contribution is 9.10. The molecule has 166 valence electrons. The molecule has 0 radical (unpaired) electrons. The summed E-state index contributed by atoms with van der Waals surface area (Å²) in [6.45, 7) is 7.89. The highest BCUT2D eigenvalue weighted by atomic mass is 79.9. The van der Waals surface area contributed by atoms with Crippen LogP contribution >= 0.6 is 15.9 Å². The van der Waals surface area contributed by atoms with Gasteiger partial charge in [0.15, 0.2) is 0 Å². The zero-order chi connectivity index (χ0) is 23.3. The molecule has 0 aliphatic carbocycles. The van der Waals surface area contributed by atoms with Crippen molar-refractivity contribution in [3.8, 4) is 0 Å². The lowest BCUT2D eigenvalue weighted by molar-refractivity contribution is -0.127. The molecule has 4 nitrogen and oxygen atoms in total. The topological polar surface area (TPSA) is 58.2 Å². The van der Waals surface area contributed by atoms with Crippen molar-refractivity contribution in [2.75, 3.05) is 5.32 Å². The van der Waals surface area contributed by atoms with Crippen LogP contribution in [0.25, 0.3) is 0 Å². The molecule has 0 fully saturated rings. The van der Waals surface area contributed by atoms with Crippen molar-refractivity contribution in [3.05, 3.63) is 99.5 Å². The van der Waals surface area contributed by atoms with E-state index in [9.17, 15) is 9.59 Å². The highest BCUT2D eigenvalue weighted by Crippen LogP contribution is 2.28. The molecule has 0 heterocycles. The van der Waals surface area contributed by atoms with Crippen LogP contribution in [0.4, 0.5) is 5.69 Å². The molecule has 0 saturated heterocycles. The molecule has 0 aromatic heterocycles. The van der Waals surface area contributed by atoms with E-state index < -0.39 is 12.0 Å². The standard InChI is InChI=1S/C27H29BrN2O2/c1-17(2)25(27(32)29-23-16-19(4)18(3)15-22(23)28)30-26(31)24(20-11-7-5-8-12-20)21-13-9-6-10-14-21/h5-17,24-25H,1-4H3,(H,29,32)(H,30,31)/t25-/m0/s1. The van der Waals surface area contributed by atoms with Crippen LogP contribution in [0.1, 0.15) is 42.0 Å². The van der Waals surface area contributed by atoms with Gasteiger partial charge in [-0.3, -0.25) is 9.59 Å². The van der Waals surface area contributed by atoms with Gasteiger partial charge in [-0.05, 0) is 70.1 Å². The van der Waals surface area contributed by atoms with Crippen LogP contribution in [-0.4, -0.2) is 17.9 Å². The molecule has 5 heteroatoms. The second-order valence-electron chi connectivity index (χ2n) is 8.39. The average Bonchev–Trinajstić information content (AvgIpc) is 2.77. The Bertz CT molecular complexity index is 1040. The summed E-state index contributed by atoms with van der Waals surface area (Å²) in [5.74, 6) is -1.02. The van der Waals surface area contributed by atoms with Crippen LogP contribution in [0.15, 0.2) is 77.3 Å². The number of nitrogens with one attached hydrogen (secondary N) is 2. The number of rotatable bonds is 7. The van der Waals surface area contributed by atoms with Gasteiger partial charge in [0.2, 0.25) is 11.8 Å². The van der Waals surface area contributed by atoms with Crippen molar-refractivity contribution in [3.63, 3.8) is 0 Å². The van der Waals surface area contributed by atoms with Gasteiger partial charge in [-0.1, -0.05) is 74.5 Å². The molecule has 3 aromatic rings. The van der Waals surface area contributed by atoms with Crippen LogP contribution in [0.3, 0.4) is 0 Å². The first-order valence-corrected chi connectivity index (χ1v) is 11.5. The normalized spacial score (nSPS) is 12.0. The Balaban J connectivity index is 1.86. The van der Waals surface area contributed by atoms with E-state index in [1.807, 2.05) is 100 Å². The van der Waals surface area contributed by atoms with Gasteiger partial charge in [0.25, 0.3) is 0 Å². The number of amides is 2. The molecule has 0 unspecified atom stereocenters. The summed E-state index contributed by atoms with van der Waals surface area (Å²) in [5, 5.41) is 6.00. The van der Waals surface area contributed by atoms with E-state index in [2.05, 4.69) is 26.6 Å².